The Hall–Kier alpha value is 1.05. The van der Waals surface area contributed by atoms with Crippen molar-refractivity contribution < 1.29 is 0 Å². The van der Waals surface area contributed by atoms with Crippen LogP contribution in [0.4, 0.5) is 0 Å². The predicted octanol–water partition coefficient (Wildman–Crippen LogP) is 1.66. The summed E-state index contributed by atoms with van der Waals surface area (Å²) in [6.45, 7) is 0. The lowest BCUT2D eigenvalue weighted by atomic mass is 10.9. The lowest BCUT2D eigenvalue weighted by molar-refractivity contribution is 1.37. The molecule has 0 atom stereocenters. The van der Waals surface area contributed by atoms with E-state index in [1.165, 1.54) is 28.8 Å². The highest BCUT2D eigenvalue weighted by atomic mass is 32.2. The molecule has 9 heavy (non-hydrogen) atoms. The molecule has 0 radical (unpaired) electrons. The summed E-state index contributed by atoms with van der Waals surface area (Å²) < 4.78 is 0. The van der Waals surface area contributed by atoms with Crippen molar-refractivity contribution in [1.29, 1.82) is 0 Å². The van der Waals surface area contributed by atoms with Gasteiger partial charge in [-0.15, -0.1) is 0 Å². The van der Waals surface area contributed by atoms with Crippen LogP contribution in [0.2, 0.25) is 0 Å². The lowest BCUT2D eigenvalue weighted by Crippen LogP contribution is -2.09. The predicted molar refractivity (Wildman–Crippen MR) is 54.8 cm³/mol. The number of hydrogen-bond acceptors (Lipinski definition) is 2. The fourth-order valence-corrected chi connectivity index (χ4v) is 6.07. The molecular formula is C6H14S3. The molecule has 0 spiro atoms. The van der Waals surface area contributed by atoms with Crippen LogP contribution in [0, 0.1) is 0 Å². The Morgan fingerprint density at radius 1 is 1.33 bits per heavy atom. The average Bonchev–Trinajstić information content (AvgIpc) is 1.91. The Labute approximate surface area is 69.9 Å². The first kappa shape index (κ1) is 8.15. The van der Waals surface area contributed by atoms with E-state index in [1.54, 1.807) is 0 Å². The van der Waals surface area contributed by atoms with Crippen molar-refractivity contribution in [3.05, 3.63) is 0 Å². The fourth-order valence-electron chi connectivity index (χ4n) is 0.966. The van der Waals surface area contributed by atoms with E-state index in [2.05, 4.69) is 24.4 Å². The van der Waals surface area contributed by atoms with Gasteiger partial charge in [-0.2, -0.15) is 24.4 Å². The third-order valence-electron chi connectivity index (χ3n) is 1.52. The van der Waals surface area contributed by atoms with Crippen molar-refractivity contribution in [3.63, 3.8) is 0 Å². The lowest BCUT2D eigenvalue weighted by Gasteiger charge is -2.24. The third-order valence-corrected chi connectivity index (χ3v) is 6.26. The van der Waals surface area contributed by atoms with E-state index in [4.69, 9.17) is 0 Å². The van der Waals surface area contributed by atoms with Gasteiger partial charge in [0, 0.05) is 11.5 Å². The Balaban J connectivity index is 2.08. The summed E-state index contributed by atoms with van der Waals surface area (Å²) in [5.74, 6) is 8.34. The van der Waals surface area contributed by atoms with E-state index in [1.807, 2.05) is 0 Å². The molecule has 0 unspecified atom stereocenters. The van der Waals surface area contributed by atoms with Crippen LogP contribution in [0.5, 0.6) is 0 Å². The van der Waals surface area contributed by atoms with E-state index in [0.29, 0.717) is 10.9 Å². The summed E-state index contributed by atoms with van der Waals surface area (Å²) in [5, 5.41) is 0. The highest BCUT2D eigenvalue weighted by Crippen LogP contribution is 2.31. The van der Waals surface area contributed by atoms with Crippen LogP contribution >= 0.6 is 35.3 Å². The van der Waals surface area contributed by atoms with E-state index >= 15 is 0 Å². The van der Waals surface area contributed by atoms with E-state index in [0.717, 1.165) is 5.75 Å². The Morgan fingerprint density at radius 3 is 2.56 bits per heavy atom. The topological polar surface area (TPSA) is 0 Å². The maximum atomic E-state index is 4.24. The van der Waals surface area contributed by atoms with Crippen molar-refractivity contribution in [2.24, 2.45) is 0 Å². The molecule has 0 saturated carbocycles. The zero-order chi connectivity index (χ0) is 6.53. The number of hydrogen-bond donors (Lipinski definition) is 2. The molecule has 0 aromatic heterocycles. The molecule has 1 aliphatic heterocycles. The highest BCUT2D eigenvalue weighted by Gasteiger charge is 2.07. The van der Waals surface area contributed by atoms with Gasteiger partial charge in [-0.05, 0) is 23.0 Å². The minimum atomic E-state index is 0.431. The molecule has 1 aliphatic rings. The second kappa shape index (κ2) is 4.80. The zero-order valence-corrected chi connectivity index (χ0v) is 8.15. The largest absolute Gasteiger partial charge is 0.251 e. The molecule has 1 rings (SSSR count). The molecule has 0 aromatic carbocycles. The SMILES string of the molecule is SCC[SH]1CCSCC1. The van der Waals surface area contributed by atoms with Crippen molar-refractivity contribution in [2.45, 2.75) is 0 Å². The van der Waals surface area contributed by atoms with Gasteiger partial charge in [0.25, 0.3) is 0 Å². The Bertz CT molecular complexity index is 65.9. The van der Waals surface area contributed by atoms with E-state index < -0.39 is 0 Å². The van der Waals surface area contributed by atoms with Gasteiger partial charge in [0.15, 0.2) is 0 Å². The van der Waals surface area contributed by atoms with Gasteiger partial charge in [-0.1, -0.05) is 0 Å². The second-order valence-corrected chi connectivity index (χ2v) is 6.53. The summed E-state index contributed by atoms with van der Waals surface area (Å²) in [6, 6.07) is 0. The first-order chi connectivity index (χ1) is 4.43. The quantitative estimate of drug-likeness (QED) is 0.613. The molecule has 0 aliphatic carbocycles. The van der Waals surface area contributed by atoms with Crippen LogP contribution in [0.25, 0.3) is 0 Å². The van der Waals surface area contributed by atoms with E-state index in [9.17, 15) is 0 Å². The van der Waals surface area contributed by atoms with E-state index in [-0.39, 0.29) is 0 Å². The minimum absolute atomic E-state index is 0.431. The molecule has 1 heterocycles. The molecule has 0 amide bonds. The van der Waals surface area contributed by atoms with Crippen molar-refractivity contribution >= 4 is 35.3 Å². The van der Waals surface area contributed by atoms with Crippen LogP contribution in [-0.4, -0.2) is 34.5 Å². The van der Waals surface area contributed by atoms with Crippen molar-refractivity contribution in [2.75, 3.05) is 34.5 Å². The van der Waals surface area contributed by atoms with Crippen LogP contribution in [0.1, 0.15) is 0 Å². The maximum Gasteiger partial charge on any atom is 0.000707 e. The maximum absolute atomic E-state index is 4.24. The minimum Gasteiger partial charge on any atom is -0.251 e. The Morgan fingerprint density at radius 2 is 2.00 bits per heavy atom. The monoisotopic (exact) mass is 182 g/mol. The van der Waals surface area contributed by atoms with Crippen molar-refractivity contribution in [1.82, 2.24) is 0 Å². The Kier molecular flexibility index (Phi) is 4.35. The second-order valence-electron chi connectivity index (χ2n) is 2.18. The molecule has 0 N–H and O–H groups in total. The zero-order valence-electron chi connectivity index (χ0n) is 5.55. The van der Waals surface area contributed by atoms with Gasteiger partial charge in [0.05, 0.1) is 0 Å². The summed E-state index contributed by atoms with van der Waals surface area (Å²) in [4.78, 5) is 0. The molecule has 1 fully saturated rings. The van der Waals surface area contributed by atoms with Crippen LogP contribution in [0.3, 0.4) is 0 Å². The van der Waals surface area contributed by atoms with Gasteiger partial charge in [-0.3, -0.25) is 10.9 Å². The fraction of sp³-hybridized carbons (Fsp3) is 1.00. The van der Waals surface area contributed by atoms with Gasteiger partial charge >= 0.3 is 0 Å². The van der Waals surface area contributed by atoms with Gasteiger partial charge < -0.3 is 0 Å². The first-order valence-corrected chi connectivity index (χ1v) is 7.03. The summed E-state index contributed by atoms with van der Waals surface area (Å²) in [5.41, 5.74) is 0. The molecule has 1 saturated heterocycles. The van der Waals surface area contributed by atoms with Crippen LogP contribution < -0.4 is 0 Å². The highest BCUT2D eigenvalue weighted by molar-refractivity contribution is 8.19. The summed E-state index contributed by atoms with van der Waals surface area (Å²) in [6.07, 6.45) is 0. The summed E-state index contributed by atoms with van der Waals surface area (Å²) in [7, 11) is 0.431. The molecule has 0 aromatic rings. The molecular weight excluding hydrogens is 168 g/mol. The van der Waals surface area contributed by atoms with Crippen LogP contribution in [0.15, 0.2) is 0 Å². The third kappa shape index (κ3) is 3.10. The first-order valence-electron chi connectivity index (χ1n) is 3.34. The summed E-state index contributed by atoms with van der Waals surface area (Å²) >= 11 is 6.36. The molecule has 3 heteroatoms. The number of thioether (sulfide) groups is 1. The van der Waals surface area contributed by atoms with Gasteiger partial charge in [0.1, 0.15) is 0 Å². The smallest absolute Gasteiger partial charge is 0.000707 e. The number of rotatable bonds is 2. The molecule has 0 bridgehead atoms. The average molecular weight is 182 g/mol. The standard InChI is InChI=1S/C6H14S3/c7-1-4-9-5-2-8-3-6-9/h7,9H,1-6H2. The molecule has 56 valence electrons. The van der Waals surface area contributed by atoms with Gasteiger partial charge in [0.2, 0.25) is 0 Å². The number of thiol groups is 2. The normalized spacial score (nSPS) is 24.3. The van der Waals surface area contributed by atoms with Crippen molar-refractivity contribution in [3.8, 4) is 0 Å². The molecule has 0 nitrogen and oxygen atoms in total. The van der Waals surface area contributed by atoms with Gasteiger partial charge in [-0.25, -0.2) is 0 Å². The van der Waals surface area contributed by atoms with Crippen LogP contribution in [-0.2, 0) is 0 Å².